The Labute approximate surface area is 187 Å². The van der Waals surface area contributed by atoms with E-state index in [0.717, 1.165) is 77.2 Å². The van der Waals surface area contributed by atoms with Crippen molar-refractivity contribution >= 4 is 35.9 Å². The lowest BCUT2D eigenvalue weighted by Gasteiger charge is -2.34. The van der Waals surface area contributed by atoms with Crippen LogP contribution in [0.5, 0.6) is 0 Å². The fourth-order valence-corrected chi connectivity index (χ4v) is 3.82. The van der Waals surface area contributed by atoms with E-state index in [9.17, 15) is 0 Å². The summed E-state index contributed by atoms with van der Waals surface area (Å²) >= 11 is 0. The minimum Gasteiger partial charge on any atom is -0.357 e. The molecule has 0 unspecified atom stereocenters. The van der Waals surface area contributed by atoms with E-state index in [0.29, 0.717) is 5.41 Å². The van der Waals surface area contributed by atoms with E-state index in [2.05, 4.69) is 50.8 Å². The van der Waals surface area contributed by atoms with E-state index in [-0.39, 0.29) is 24.0 Å². The molecule has 0 atom stereocenters. The van der Waals surface area contributed by atoms with Gasteiger partial charge >= 0.3 is 0 Å². The van der Waals surface area contributed by atoms with E-state index in [1.807, 2.05) is 18.5 Å². The minimum absolute atomic E-state index is 0. The number of nitrogens with one attached hydrogen (secondary N) is 1. The smallest absolute Gasteiger partial charge is 0.225 e. The Morgan fingerprint density at radius 2 is 1.86 bits per heavy atom. The fourth-order valence-electron chi connectivity index (χ4n) is 3.82. The zero-order valence-electron chi connectivity index (χ0n) is 17.6. The highest BCUT2D eigenvalue weighted by atomic mass is 127. The Bertz CT molecular complexity index is 600. The van der Waals surface area contributed by atoms with Gasteiger partial charge in [-0.05, 0) is 31.2 Å². The second-order valence-electron chi connectivity index (χ2n) is 8.30. The first-order valence-corrected chi connectivity index (χ1v) is 10.3. The summed E-state index contributed by atoms with van der Waals surface area (Å²) in [5, 5.41) is 3.47. The molecule has 3 heterocycles. The van der Waals surface area contributed by atoms with Crippen LogP contribution in [0.2, 0.25) is 0 Å². The van der Waals surface area contributed by atoms with Crippen molar-refractivity contribution in [2.75, 3.05) is 63.8 Å². The molecule has 0 spiro atoms. The number of nitrogens with zero attached hydrogens (tertiary/aromatic N) is 6. The normalized spacial score (nSPS) is 20.2. The molecule has 158 valence electrons. The fraction of sp³-hybridized carbons (Fsp3) is 0.750. The number of guanidine groups is 1. The molecule has 2 saturated heterocycles. The Morgan fingerprint density at radius 1 is 1.14 bits per heavy atom. The second-order valence-corrected chi connectivity index (χ2v) is 8.30. The summed E-state index contributed by atoms with van der Waals surface area (Å²) in [7, 11) is 0. The summed E-state index contributed by atoms with van der Waals surface area (Å²) in [6.45, 7) is 16.1. The van der Waals surface area contributed by atoms with Crippen LogP contribution >= 0.6 is 24.0 Å². The molecule has 8 heteroatoms. The number of likely N-dealkylation sites (tertiary alicyclic amines) is 1. The van der Waals surface area contributed by atoms with E-state index in [4.69, 9.17) is 4.99 Å². The number of anilines is 1. The molecule has 1 aromatic rings. The van der Waals surface area contributed by atoms with E-state index in [1.54, 1.807) is 0 Å². The predicted octanol–water partition coefficient (Wildman–Crippen LogP) is 2.30. The molecule has 0 amide bonds. The highest BCUT2D eigenvalue weighted by Gasteiger charge is 2.30. The van der Waals surface area contributed by atoms with Crippen molar-refractivity contribution in [1.29, 1.82) is 0 Å². The van der Waals surface area contributed by atoms with Crippen molar-refractivity contribution in [2.24, 2.45) is 10.4 Å². The average Bonchev–Trinajstić information content (AvgIpc) is 3.05. The first-order chi connectivity index (χ1) is 13.1. The Hall–Kier alpha value is -1.16. The summed E-state index contributed by atoms with van der Waals surface area (Å²) in [6.07, 6.45) is 5.98. The standard InChI is InChI=1S/C20H35N7.HI/c1-4-21-18(27-12-7-20(2,3)17-27)24-10-6-11-25-13-15-26(16-14-25)19-22-8-5-9-23-19;/h5,8-9H,4,6-7,10-17H2,1-3H3,(H,21,24);1H. The molecule has 1 aromatic heterocycles. The summed E-state index contributed by atoms with van der Waals surface area (Å²) in [6, 6.07) is 1.87. The summed E-state index contributed by atoms with van der Waals surface area (Å²) < 4.78 is 0. The number of aromatic nitrogens is 2. The number of piperazine rings is 1. The van der Waals surface area contributed by atoms with Gasteiger partial charge in [0, 0.05) is 71.3 Å². The van der Waals surface area contributed by atoms with E-state index in [1.165, 1.54) is 6.42 Å². The van der Waals surface area contributed by atoms with Crippen molar-refractivity contribution in [2.45, 2.75) is 33.6 Å². The van der Waals surface area contributed by atoms with Gasteiger partial charge in [0.2, 0.25) is 5.95 Å². The predicted molar refractivity (Wildman–Crippen MR) is 127 cm³/mol. The van der Waals surface area contributed by atoms with E-state index >= 15 is 0 Å². The van der Waals surface area contributed by atoms with Gasteiger partial charge in [-0.3, -0.25) is 9.89 Å². The van der Waals surface area contributed by atoms with Gasteiger partial charge in [0.25, 0.3) is 0 Å². The SMILES string of the molecule is CCNC(=NCCCN1CCN(c2ncccn2)CC1)N1CCC(C)(C)C1.I. The number of rotatable bonds is 6. The van der Waals surface area contributed by atoms with Crippen molar-refractivity contribution in [3.8, 4) is 0 Å². The van der Waals surface area contributed by atoms with Crippen LogP contribution in [0.3, 0.4) is 0 Å². The molecule has 0 aromatic carbocycles. The van der Waals surface area contributed by atoms with Crippen LogP contribution in [-0.4, -0.2) is 84.6 Å². The molecule has 28 heavy (non-hydrogen) atoms. The molecule has 7 nitrogen and oxygen atoms in total. The quantitative estimate of drug-likeness (QED) is 0.280. The van der Waals surface area contributed by atoms with Gasteiger partial charge in [-0.25, -0.2) is 9.97 Å². The van der Waals surface area contributed by atoms with Crippen LogP contribution in [-0.2, 0) is 0 Å². The largest absolute Gasteiger partial charge is 0.357 e. The third-order valence-electron chi connectivity index (χ3n) is 5.41. The monoisotopic (exact) mass is 501 g/mol. The first kappa shape index (κ1) is 23.1. The van der Waals surface area contributed by atoms with Gasteiger partial charge in [0.15, 0.2) is 5.96 Å². The van der Waals surface area contributed by atoms with Crippen LogP contribution in [0, 0.1) is 5.41 Å². The van der Waals surface area contributed by atoms with E-state index < -0.39 is 0 Å². The second kappa shape index (κ2) is 11.1. The van der Waals surface area contributed by atoms with Gasteiger partial charge in [-0.2, -0.15) is 0 Å². The van der Waals surface area contributed by atoms with Crippen LogP contribution in [0.15, 0.2) is 23.5 Å². The molecule has 2 aliphatic rings. The lowest BCUT2D eigenvalue weighted by atomic mass is 9.93. The lowest BCUT2D eigenvalue weighted by Crippen LogP contribution is -2.47. The maximum Gasteiger partial charge on any atom is 0.225 e. The number of hydrogen-bond donors (Lipinski definition) is 1. The topological polar surface area (TPSA) is 59.9 Å². The first-order valence-electron chi connectivity index (χ1n) is 10.3. The number of hydrogen-bond acceptors (Lipinski definition) is 5. The summed E-state index contributed by atoms with van der Waals surface area (Å²) in [5.41, 5.74) is 0.401. The molecule has 2 fully saturated rings. The van der Waals surface area contributed by atoms with Crippen LogP contribution in [0.25, 0.3) is 0 Å². The molecule has 3 rings (SSSR count). The Morgan fingerprint density at radius 3 is 2.46 bits per heavy atom. The average molecular weight is 501 g/mol. The minimum atomic E-state index is 0. The molecule has 0 radical (unpaired) electrons. The maximum atomic E-state index is 4.88. The lowest BCUT2D eigenvalue weighted by molar-refractivity contribution is 0.255. The third-order valence-corrected chi connectivity index (χ3v) is 5.41. The summed E-state index contributed by atoms with van der Waals surface area (Å²) in [4.78, 5) is 20.8. The van der Waals surface area contributed by atoms with Gasteiger partial charge in [-0.15, -0.1) is 24.0 Å². The Kier molecular flexibility index (Phi) is 9.20. The zero-order valence-corrected chi connectivity index (χ0v) is 19.9. The molecular weight excluding hydrogens is 465 g/mol. The van der Waals surface area contributed by atoms with Crippen LogP contribution in [0.1, 0.15) is 33.6 Å². The molecule has 2 aliphatic heterocycles. The molecule has 0 saturated carbocycles. The molecule has 1 N–H and O–H groups in total. The zero-order chi connectivity index (χ0) is 19.1. The van der Waals surface area contributed by atoms with Crippen LogP contribution in [0.4, 0.5) is 5.95 Å². The maximum absolute atomic E-state index is 4.88. The highest BCUT2D eigenvalue weighted by molar-refractivity contribution is 14.0. The van der Waals surface area contributed by atoms with Crippen molar-refractivity contribution in [1.82, 2.24) is 25.1 Å². The molecule has 0 bridgehead atoms. The molecular formula is C20H36IN7. The van der Waals surface area contributed by atoms with Gasteiger partial charge < -0.3 is 15.1 Å². The van der Waals surface area contributed by atoms with Crippen molar-refractivity contribution < 1.29 is 0 Å². The number of halogens is 1. The highest BCUT2D eigenvalue weighted by Crippen LogP contribution is 2.28. The van der Waals surface area contributed by atoms with Crippen LogP contribution < -0.4 is 10.2 Å². The van der Waals surface area contributed by atoms with Crippen molar-refractivity contribution in [3.63, 3.8) is 0 Å². The Balaban J connectivity index is 0.00000280. The summed E-state index contributed by atoms with van der Waals surface area (Å²) in [5.74, 6) is 1.94. The third kappa shape index (κ3) is 6.72. The van der Waals surface area contributed by atoms with Gasteiger partial charge in [-0.1, -0.05) is 13.8 Å². The van der Waals surface area contributed by atoms with Crippen molar-refractivity contribution in [3.05, 3.63) is 18.5 Å². The van der Waals surface area contributed by atoms with Gasteiger partial charge in [0.05, 0.1) is 0 Å². The molecule has 0 aliphatic carbocycles. The number of aliphatic imine (C=N–C) groups is 1. The van der Waals surface area contributed by atoms with Gasteiger partial charge in [0.1, 0.15) is 0 Å².